The molecule has 3 fully saturated rings. The number of hydrogen-bond acceptors (Lipinski definition) is 4. The van der Waals surface area contributed by atoms with Crippen molar-refractivity contribution >= 4 is 22.8 Å². The summed E-state index contributed by atoms with van der Waals surface area (Å²) in [6, 6.07) is 0.563. The molecule has 2 bridgehead atoms. The van der Waals surface area contributed by atoms with E-state index >= 15 is 0 Å². The van der Waals surface area contributed by atoms with E-state index in [9.17, 15) is 4.79 Å². The number of amidine groups is 1. The van der Waals surface area contributed by atoms with Crippen LogP contribution in [0, 0.1) is 11.8 Å². The van der Waals surface area contributed by atoms with Crippen LogP contribution < -0.4 is 5.32 Å². The number of thioether (sulfide) groups is 1. The van der Waals surface area contributed by atoms with Crippen molar-refractivity contribution in [2.24, 2.45) is 16.8 Å². The lowest BCUT2D eigenvalue weighted by Gasteiger charge is -2.33. The Balaban J connectivity index is 1.38. The molecule has 1 N–H and O–H groups in total. The summed E-state index contributed by atoms with van der Waals surface area (Å²) in [5.41, 5.74) is 0. The molecule has 4 nitrogen and oxygen atoms in total. The topological polar surface area (TPSA) is 50.7 Å². The fourth-order valence-electron chi connectivity index (χ4n) is 4.70. The molecule has 0 unspecified atom stereocenters. The second-order valence-electron chi connectivity index (χ2n) is 7.18. The zero-order valence-electron chi connectivity index (χ0n) is 12.6. The number of methoxy groups -OCH3 is 1. The highest BCUT2D eigenvalue weighted by atomic mass is 32.2. The number of nitrogens with one attached hydrogen (secondary N) is 1. The molecule has 3 saturated carbocycles. The molecule has 0 aromatic heterocycles. The van der Waals surface area contributed by atoms with E-state index in [0.29, 0.717) is 12.1 Å². The highest BCUT2D eigenvalue weighted by molar-refractivity contribution is 8.16. The average molecular weight is 308 g/mol. The van der Waals surface area contributed by atoms with Gasteiger partial charge >= 0.3 is 0 Å². The van der Waals surface area contributed by atoms with E-state index < -0.39 is 0 Å². The number of ether oxygens (including phenoxy) is 1. The summed E-state index contributed by atoms with van der Waals surface area (Å²) < 4.78 is 5.14. The lowest BCUT2D eigenvalue weighted by atomic mass is 9.86. The van der Waals surface area contributed by atoms with E-state index in [1.54, 1.807) is 18.9 Å². The maximum atomic E-state index is 12.4. The normalized spacial score (nSPS) is 45.4. The van der Waals surface area contributed by atoms with Gasteiger partial charge in [-0.1, -0.05) is 18.2 Å². The molecular weight excluding hydrogens is 284 g/mol. The van der Waals surface area contributed by atoms with Crippen molar-refractivity contribution in [2.75, 3.05) is 7.11 Å². The molecule has 0 saturated heterocycles. The number of nitrogens with zero attached hydrogens (tertiary/aromatic N) is 1. The third-order valence-electron chi connectivity index (χ3n) is 6.01. The Morgan fingerprint density at radius 1 is 1.24 bits per heavy atom. The SMILES string of the molecule is COC1CCC2(CC1)SC(N[C@H]1C[C@H]3CC[C@H]1C3)=NC2=O. The molecule has 3 aliphatic carbocycles. The Labute approximate surface area is 130 Å². The molecule has 1 amide bonds. The van der Waals surface area contributed by atoms with Crippen molar-refractivity contribution in [2.45, 2.75) is 68.3 Å². The van der Waals surface area contributed by atoms with Gasteiger partial charge in [0.1, 0.15) is 4.75 Å². The summed E-state index contributed by atoms with van der Waals surface area (Å²) in [6.07, 6.45) is 9.51. The number of fused-ring (bicyclic) bond motifs is 2. The molecule has 5 heteroatoms. The van der Waals surface area contributed by atoms with Crippen LogP contribution in [0.1, 0.15) is 51.4 Å². The molecule has 4 rings (SSSR count). The van der Waals surface area contributed by atoms with E-state index in [-0.39, 0.29) is 10.7 Å². The van der Waals surface area contributed by atoms with E-state index in [2.05, 4.69) is 10.3 Å². The number of carbonyl (C=O) groups excluding carboxylic acids is 1. The van der Waals surface area contributed by atoms with Crippen LogP contribution in [0.4, 0.5) is 0 Å². The third kappa shape index (κ3) is 2.42. The predicted octanol–water partition coefficient (Wildman–Crippen LogP) is 2.72. The Morgan fingerprint density at radius 2 is 2.05 bits per heavy atom. The van der Waals surface area contributed by atoms with Crippen molar-refractivity contribution in [3.05, 3.63) is 0 Å². The molecule has 3 atom stereocenters. The van der Waals surface area contributed by atoms with Gasteiger partial charge < -0.3 is 10.1 Å². The van der Waals surface area contributed by atoms with Crippen LogP contribution in [0.25, 0.3) is 0 Å². The van der Waals surface area contributed by atoms with Crippen LogP contribution in [0.3, 0.4) is 0 Å². The van der Waals surface area contributed by atoms with Crippen LogP contribution >= 0.6 is 11.8 Å². The van der Waals surface area contributed by atoms with Crippen molar-refractivity contribution in [1.29, 1.82) is 0 Å². The van der Waals surface area contributed by atoms with Crippen molar-refractivity contribution < 1.29 is 9.53 Å². The van der Waals surface area contributed by atoms with E-state index in [0.717, 1.165) is 42.7 Å². The second-order valence-corrected chi connectivity index (χ2v) is 8.55. The van der Waals surface area contributed by atoms with Gasteiger partial charge in [0.25, 0.3) is 5.91 Å². The Bertz CT molecular complexity index is 471. The highest BCUT2D eigenvalue weighted by Crippen LogP contribution is 2.48. The quantitative estimate of drug-likeness (QED) is 0.852. The number of carbonyl (C=O) groups is 1. The summed E-state index contributed by atoms with van der Waals surface area (Å²) in [7, 11) is 1.77. The average Bonchev–Trinajstić information content (AvgIpc) is 3.16. The maximum absolute atomic E-state index is 12.4. The molecular formula is C16H24N2O2S. The largest absolute Gasteiger partial charge is 0.381 e. The highest BCUT2D eigenvalue weighted by Gasteiger charge is 2.49. The molecule has 21 heavy (non-hydrogen) atoms. The second kappa shape index (κ2) is 5.27. The van der Waals surface area contributed by atoms with Crippen LogP contribution in [0.5, 0.6) is 0 Å². The maximum Gasteiger partial charge on any atom is 0.264 e. The van der Waals surface area contributed by atoms with Gasteiger partial charge in [-0.25, -0.2) is 0 Å². The first-order valence-corrected chi connectivity index (χ1v) is 9.12. The van der Waals surface area contributed by atoms with Gasteiger partial charge in [-0.2, -0.15) is 4.99 Å². The van der Waals surface area contributed by atoms with E-state index in [4.69, 9.17) is 4.74 Å². The molecule has 4 aliphatic rings. The van der Waals surface area contributed by atoms with Gasteiger partial charge in [0.15, 0.2) is 5.17 Å². The van der Waals surface area contributed by atoms with Crippen LogP contribution in [0.15, 0.2) is 4.99 Å². The van der Waals surface area contributed by atoms with Crippen molar-refractivity contribution in [3.8, 4) is 0 Å². The van der Waals surface area contributed by atoms with Crippen LogP contribution in [-0.4, -0.2) is 35.1 Å². The number of hydrogen-bond donors (Lipinski definition) is 1. The lowest BCUT2D eigenvalue weighted by Crippen LogP contribution is -2.40. The van der Waals surface area contributed by atoms with Crippen LogP contribution in [0.2, 0.25) is 0 Å². The number of rotatable bonds is 2. The van der Waals surface area contributed by atoms with Gasteiger partial charge in [0.05, 0.1) is 6.10 Å². The smallest absolute Gasteiger partial charge is 0.264 e. The standard InChI is InChI=1S/C16H24N2O2S/c1-20-12-4-6-16(7-5-12)14(19)18-15(21-16)17-13-9-10-2-3-11(13)8-10/h10-13H,2-9H2,1H3,(H,17,18,19)/t10-,11-,12?,13-,16?/m0/s1. The van der Waals surface area contributed by atoms with Gasteiger partial charge in [-0.3, -0.25) is 4.79 Å². The lowest BCUT2D eigenvalue weighted by molar-refractivity contribution is -0.121. The van der Waals surface area contributed by atoms with Crippen LogP contribution in [-0.2, 0) is 9.53 Å². The van der Waals surface area contributed by atoms with E-state index in [1.807, 2.05) is 0 Å². The van der Waals surface area contributed by atoms with Gasteiger partial charge in [0, 0.05) is 13.2 Å². The Morgan fingerprint density at radius 3 is 2.67 bits per heavy atom. The van der Waals surface area contributed by atoms with Gasteiger partial charge in [-0.05, 0) is 56.8 Å². The predicted molar refractivity (Wildman–Crippen MR) is 84.4 cm³/mol. The molecule has 1 spiro atoms. The monoisotopic (exact) mass is 308 g/mol. The van der Waals surface area contributed by atoms with E-state index in [1.165, 1.54) is 25.7 Å². The Kier molecular flexibility index (Phi) is 3.53. The summed E-state index contributed by atoms with van der Waals surface area (Å²) >= 11 is 1.70. The zero-order chi connectivity index (χ0) is 14.4. The zero-order valence-corrected chi connectivity index (χ0v) is 13.5. The first kappa shape index (κ1) is 14.1. The third-order valence-corrected chi connectivity index (χ3v) is 7.38. The first-order chi connectivity index (χ1) is 10.2. The number of amides is 1. The van der Waals surface area contributed by atoms with Crippen molar-refractivity contribution in [1.82, 2.24) is 5.32 Å². The van der Waals surface area contributed by atoms with Gasteiger partial charge in [-0.15, -0.1) is 0 Å². The molecule has 0 aromatic rings. The molecule has 116 valence electrons. The number of aliphatic imine (C=N–C) groups is 1. The van der Waals surface area contributed by atoms with Crippen molar-refractivity contribution in [3.63, 3.8) is 0 Å². The molecule has 1 heterocycles. The molecule has 0 aromatic carbocycles. The molecule has 1 aliphatic heterocycles. The summed E-state index contributed by atoms with van der Waals surface area (Å²) in [5, 5.41) is 4.49. The van der Waals surface area contributed by atoms with Gasteiger partial charge in [0.2, 0.25) is 0 Å². The minimum absolute atomic E-state index is 0.0905. The summed E-state index contributed by atoms with van der Waals surface area (Å²) in [4.78, 5) is 16.8. The minimum atomic E-state index is -0.283. The Hall–Kier alpha value is -0.550. The minimum Gasteiger partial charge on any atom is -0.381 e. The summed E-state index contributed by atoms with van der Waals surface area (Å²) in [6.45, 7) is 0. The fourth-order valence-corrected chi connectivity index (χ4v) is 5.98. The molecule has 0 radical (unpaired) electrons. The fraction of sp³-hybridized carbons (Fsp3) is 0.875. The summed E-state index contributed by atoms with van der Waals surface area (Å²) in [5.74, 6) is 1.82. The first-order valence-electron chi connectivity index (χ1n) is 8.30.